The summed E-state index contributed by atoms with van der Waals surface area (Å²) in [4.78, 5) is 2.34. The van der Waals surface area contributed by atoms with E-state index in [0.29, 0.717) is 0 Å². The molecule has 0 aliphatic carbocycles. The van der Waals surface area contributed by atoms with Gasteiger partial charge in [0.2, 0.25) is 0 Å². The Morgan fingerprint density at radius 1 is 1.04 bits per heavy atom. The lowest BCUT2D eigenvalue weighted by Crippen LogP contribution is -2.49. The maximum absolute atomic E-state index is 11.9. The Hall–Kier alpha value is -1.68. The van der Waals surface area contributed by atoms with Gasteiger partial charge in [0.25, 0.3) is 0 Å². The first-order valence-corrected chi connectivity index (χ1v) is 8.88. The minimum Gasteiger partial charge on any atom is -0.393 e. The van der Waals surface area contributed by atoms with Gasteiger partial charge in [-0.2, -0.15) is 0 Å². The summed E-state index contributed by atoms with van der Waals surface area (Å²) >= 11 is 0. The van der Waals surface area contributed by atoms with Crippen LogP contribution >= 0.6 is 0 Å². The van der Waals surface area contributed by atoms with Crippen molar-refractivity contribution in [3.63, 3.8) is 0 Å². The van der Waals surface area contributed by atoms with Crippen molar-refractivity contribution in [2.75, 3.05) is 13.1 Å². The number of aliphatic hydroxyl groups excluding tert-OH is 1. The van der Waals surface area contributed by atoms with Crippen molar-refractivity contribution in [1.29, 1.82) is 0 Å². The van der Waals surface area contributed by atoms with Crippen LogP contribution in [0.2, 0.25) is 0 Å². The summed E-state index contributed by atoms with van der Waals surface area (Å²) in [5.74, 6) is 0. The normalized spacial score (nSPS) is 20.2. The third-order valence-corrected chi connectivity index (χ3v) is 5.11. The molecule has 1 unspecified atom stereocenters. The van der Waals surface area contributed by atoms with Gasteiger partial charge in [-0.25, -0.2) is 0 Å². The van der Waals surface area contributed by atoms with Crippen LogP contribution < -0.4 is 0 Å². The van der Waals surface area contributed by atoms with E-state index in [4.69, 9.17) is 0 Å². The van der Waals surface area contributed by atoms with Gasteiger partial charge in [0, 0.05) is 12.6 Å². The lowest BCUT2D eigenvalue weighted by atomic mass is 9.79. The molecule has 1 saturated heterocycles. The van der Waals surface area contributed by atoms with Crippen LogP contribution in [0.3, 0.4) is 0 Å². The second-order valence-corrected chi connectivity index (χ2v) is 6.83. The van der Waals surface area contributed by atoms with Crippen LogP contribution in [0.25, 0.3) is 0 Å². The maximum atomic E-state index is 11.9. The summed E-state index contributed by atoms with van der Waals surface area (Å²) in [5.41, 5.74) is 0.841. The Kier molecular flexibility index (Phi) is 5.34. The topological polar surface area (TPSA) is 43.7 Å². The molecule has 0 amide bonds. The first-order chi connectivity index (χ1) is 11.6. The zero-order chi connectivity index (χ0) is 17.0. The highest BCUT2D eigenvalue weighted by atomic mass is 16.3. The van der Waals surface area contributed by atoms with E-state index in [2.05, 4.69) is 4.90 Å². The van der Waals surface area contributed by atoms with E-state index >= 15 is 0 Å². The Morgan fingerprint density at radius 2 is 1.58 bits per heavy atom. The smallest absolute Gasteiger partial charge is 0.130 e. The average molecular weight is 325 g/mol. The largest absolute Gasteiger partial charge is 0.393 e. The highest BCUT2D eigenvalue weighted by Crippen LogP contribution is 2.40. The predicted octanol–water partition coefficient (Wildman–Crippen LogP) is 3.16. The molecule has 0 radical (unpaired) electrons. The first kappa shape index (κ1) is 17.2. The highest BCUT2D eigenvalue weighted by molar-refractivity contribution is 5.38. The lowest BCUT2D eigenvalue weighted by Gasteiger charge is -2.40. The van der Waals surface area contributed by atoms with Crippen molar-refractivity contribution >= 4 is 0 Å². The molecule has 3 rings (SSSR count). The highest BCUT2D eigenvalue weighted by Gasteiger charge is 2.45. The molecule has 128 valence electrons. The van der Waals surface area contributed by atoms with Crippen LogP contribution in [0, 0.1) is 0 Å². The molecule has 1 fully saturated rings. The number of rotatable bonds is 6. The first-order valence-electron chi connectivity index (χ1n) is 8.88. The fraction of sp³-hybridized carbons (Fsp3) is 0.429. The molecule has 0 bridgehead atoms. The van der Waals surface area contributed by atoms with E-state index in [1.807, 2.05) is 67.6 Å². The molecule has 1 heterocycles. The minimum atomic E-state index is -1.03. The van der Waals surface area contributed by atoms with E-state index in [1.165, 1.54) is 0 Å². The van der Waals surface area contributed by atoms with E-state index in [0.717, 1.165) is 43.5 Å². The molecule has 3 nitrogen and oxygen atoms in total. The number of hydrogen-bond donors (Lipinski definition) is 2. The average Bonchev–Trinajstić information content (AvgIpc) is 3.10. The van der Waals surface area contributed by atoms with Crippen molar-refractivity contribution in [3.8, 4) is 0 Å². The number of likely N-dealkylation sites (tertiary alicyclic amines) is 1. The van der Waals surface area contributed by atoms with Gasteiger partial charge in [0.15, 0.2) is 0 Å². The van der Waals surface area contributed by atoms with Crippen LogP contribution in [0.15, 0.2) is 60.7 Å². The quantitative estimate of drug-likeness (QED) is 0.857. The van der Waals surface area contributed by atoms with Gasteiger partial charge in [0.1, 0.15) is 5.60 Å². The van der Waals surface area contributed by atoms with Gasteiger partial charge in [-0.3, -0.25) is 4.90 Å². The molecule has 2 N–H and O–H groups in total. The Balaban J connectivity index is 1.99. The second kappa shape index (κ2) is 7.47. The zero-order valence-electron chi connectivity index (χ0n) is 14.3. The summed E-state index contributed by atoms with van der Waals surface area (Å²) in [6.45, 7) is 3.61. The van der Waals surface area contributed by atoms with Crippen LogP contribution in [0.1, 0.15) is 37.3 Å². The number of nitrogens with zero attached hydrogens (tertiary/aromatic N) is 1. The van der Waals surface area contributed by atoms with Crippen LogP contribution in [-0.2, 0) is 5.60 Å². The van der Waals surface area contributed by atoms with Crippen LogP contribution in [0.4, 0.5) is 0 Å². The van der Waals surface area contributed by atoms with Gasteiger partial charge in [-0.05, 0) is 43.9 Å². The van der Waals surface area contributed by atoms with E-state index < -0.39 is 5.60 Å². The summed E-state index contributed by atoms with van der Waals surface area (Å²) in [7, 11) is 0. The Morgan fingerprint density at radius 3 is 2.08 bits per heavy atom. The van der Waals surface area contributed by atoms with Gasteiger partial charge in [-0.1, -0.05) is 60.7 Å². The summed E-state index contributed by atoms with van der Waals surface area (Å²) in [5, 5.41) is 21.5. The summed E-state index contributed by atoms with van der Waals surface area (Å²) < 4.78 is 0. The van der Waals surface area contributed by atoms with Crippen molar-refractivity contribution in [3.05, 3.63) is 71.8 Å². The third-order valence-electron chi connectivity index (χ3n) is 5.11. The fourth-order valence-electron chi connectivity index (χ4n) is 3.86. The van der Waals surface area contributed by atoms with E-state index in [-0.39, 0.29) is 12.1 Å². The summed E-state index contributed by atoms with van der Waals surface area (Å²) in [6, 6.07) is 20.0. The van der Waals surface area contributed by atoms with Crippen molar-refractivity contribution in [2.45, 2.75) is 43.9 Å². The van der Waals surface area contributed by atoms with Crippen LogP contribution in [-0.4, -0.2) is 40.3 Å². The van der Waals surface area contributed by atoms with Gasteiger partial charge in [-0.15, -0.1) is 0 Å². The molecule has 2 aromatic rings. The molecule has 2 aromatic carbocycles. The molecule has 1 aliphatic rings. The van der Waals surface area contributed by atoms with Gasteiger partial charge >= 0.3 is 0 Å². The van der Waals surface area contributed by atoms with Gasteiger partial charge in [0.05, 0.1) is 6.10 Å². The molecular weight excluding hydrogens is 298 g/mol. The number of benzene rings is 2. The maximum Gasteiger partial charge on any atom is 0.130 e. The number of aliphatic hydroxyl groups is 2. The second-order valence-electron chi connectivity index (χ2n) is 6.83. The monoisotopic (exact) mass is 325 g/mol. The van der Waals surface area contributed by atoms with Crippen LogP contribution in [0.5, 0.6) is 0 Å². The van der Waals surface area contributed by atoms with E-state index in [1.54, 1.807) is 0 Å². The molecule has 2 atom stereocenters. The zero-order valence-corrected chi connectivity index (χ0v) is 14.3. The van der Waals surface area contributed by atoms with Crippen molar-refractivity contribution in [1.82, 2.24) is 4.90 Å². The molecule has 3 heteroatoms. The minimum absolute atomic E-state index is 0.0287. The molecule has 0 spiro atoms. The molecule has 1 aliphatic heterocycles. The standard InChI is InChI=1S/C21H27NO2/c1-17(23)14-16-22-15-8-13-20(22)21(24,18-9-4-2-5-10-18)19-11-6-3-7-12-19/h2-7,9-12,17,20,23-24H,8,13-16H2,1H3/t17?,20-/m0/s1. The molecule has 24 heavy (non-hydrogen) atoms. The van der Waals surface area contributed by atoms with Gasteiger partial charge < -0.3 is 10.2 Å². The number of hydrogen-bond acceptors (Lipinski definition) is 3. The van der Waals surface area contributed by atoms with E-state index in [9.17, 15) is 10.2 Å². The Bertz CT molecular complexity index is 587. The van der Waals surface area contributed by atoms with Crippen molar-refractivity contribution < 1.29 is 10.2 Å². The SMILES string of the molecule is CC(O)CCN1CCC[C@H]1C(O)(c1ccccc1)c1ccccc1. The molecule has 0 aromatic heterocycles. The predicted molar refractivity (Wildman–Crippen MR) is 96.8 cm³/mol. The summed E-state index contributed by atoms with van der Waals surface area (Å²) in [6.07, 6.45) is 2.45. The Labute approximate surface area is 144 Å². The van der Waals surface area contributed by atoms with Crippen molar-refractivity contribution in [2.24, 2.45) is 0 Å². The molecular formula is C21H27NO2. The fourth-order valence-corrected chi connectivity index (χ4v) is 3.86. The third kappa shape index (κ3) is 3.39. The lowest BCUT2D eigenvalue weighted by molar-refractivity contribution is -0.00726. The molecule has 0 saturated carbocycles.